The summed E-state index contributed by atoms with van der Waals surface area (Å²) in [5, 5.41) is 17.4. The molecule has 1 amide bonds. The fourth-order valence-corrected chi connectivity index (χ4v) is 3.57. The molecule has 1 aliphatic carbocycles. The van der Waals surface area contributed by atoms with Gasteiger partial charge in [-0.1, -0.05) is 6.42 Å². The molecule has 6 nitrogen and oxygen atoms in total. The molecule has 1 fully saturated rings. The van der Waals surface area contributed by atoms with Crippen LogP contribution in [0, 0.1) is 19.3 Å². The van der Waals surface area contributed by atoms with Crippen molar-refractivity contribution in [2.45, 2.75) is 38.0 Å². The van der Waals surface area contributed by atoms with E-state index in [0.717, 1.165) is 19.3 Å². The van der Waals surface area contributed by atoms with Gasteiger partial charge >= 0.3 is 0 Å². The number of carbonyl (C=O) groups is 1. The first-order valence-corrected chi connectivity index (χ1v) is 8.76. The average molecular weight is 326 g/mol. The number of carbonyl (C=O) groups excluding carboxylic acids is 1. The third-order valence-corrected chi connectivity index (χ3v) is 5.60. The summed E-state index contributed by atoms with van der Waals surface area (Å²) in [6.07, 6.45) is 2.83. The van der Waals surface area contributed by atoms with Gasteiger partial charge in [0.1, 0.15) is 0 Å². The minimum atomic E-state index is -3.87. The van der Waals surface area contributed by atoms with Gasteiger partial charge in [0.15, 0.2) is 0 Å². The SMILES string of the molecule is Cc1cc(C(=O)NCC2(CO)CCC2)cc(S(N)(=O)=O)c1C. The summed E-state index contributed by atoms with van der Waals surface area (Å²) in [6, 6.07) is 2.95. The van der Waals surface area contributed by atoms with Gasteiger partial charge in [0.2, 0.25) is 10.0 Å². The zero-order valence-electron chi connectivity index (χ0n) is 12.8. The first-order valence-electron chi connectivity index (χ1n) is 7.22. The summed E-state index contributed by atoms with van der Waals surface area (Å²) in [4.78, 5) is 12.2. The van der Waals surface area contributed by atoms with Gasteiger partial charge in [0, 0.05) is 17.5 Å². The van der Waals surface area contributed by atoms with E-state index in [1.54, 1.807) is 19.9 Å². The van der Waals surface area contributed by atoms with E-state index >= 15 is 0 Å². The van der Waals surface area contributed by atoms with Crippen LogP contribution in [0.3, 0.4) is 0 Å². The lowest BCUT2D eigenvalue weighted by Crippen LogP contribution is -2.44. The average Bonchev–Trinajstić information content (AvgIpc) is 2.39. The van der Waals surface area contributed by atoms with Gasteiger partial charge in [-0.15, -0.1) is 0 Å². The molecule has 7 heteroatoms. The number of primary sulfonamides is 1. The lowest BCUT2D eigenvalue weighted by Gasteiger charge is -2.40. The summed E-state index contributed by atoms with van der Waals surface area (Å²) in [6.45, 7) is 3.83. The van der Waals surface area contributed by atoms with Gasteiger partial charge in [-0.25, -0.2) is 13.6 Å². The van der Waals surface area contributed by atoms with Crippen molar-refractivity contribution in [3.8, 4) is 0 Å². The first-order chi connectivity index (χ1) is 10.2. The lowest BCUT2D eigenvalue weighted by molar-refractivity contribution is 0.0429. The lowest BCUT2D eigenvalue weighted by atomic mass is 9.69. The molecule has 0 bridgehead atoms. The number of nitrogens with one attached hydrogen (secondary N) is 1. The van der Waals surface area contributed by atoms with Crippen LogP contribution in [0.1, 0.15) is 40.7 Å². The van der Waals surface area contributed by atoms with Gasteiger partial charge in [-0.05, 0) is 49.9 Å². The number of benzene rings is 1. The number of sulfonamides is 1. The third-order valence-electron chi connectivity index (χ3n) is 4.56. The molecule has 122 valence electrons. The number of hydrogen-bond donors (Lipinski definition) is 3. The maximum Gasteiger partial charge on any atom is 0.251 e. The van der Waals surface area contributed by atoms with Crippen LogP contribution in [0.25, 0.3) is 0 Å². The highest BCUT2D eigenvalue weighted by atomic mass is 32.2. The monoisotopic (exact) mass is 326 g/mol. The minimum Gasteiger partial charge on any atom is -0.396 e. The van der Waals surface area contributed by atoms with Gasteiger partial charge in [0.25, 0.3) is 5.91 Å². The van der Waals surface area contributed by atoms with Crippen molar-refractivity contribution in [3.63, 3.8) is 0 Å². The van der Waals surface area contributed by atoms with E-state index in [4.69, 9.17) is 5.14 Å². The number of rotatable bonds is 5. The number of aliphatic hydroxyl groups excluding tert-OH is 1. The normalized spacial score (nSPS) is 16.9. The summed E-state index contributed by atoms with van der Waals surface area (Å²) in [5.74, 6) is -0.354. The summed E-state index contributed by atoms with van der Waals surface area (Å²) in [7, 11) is -3.87. The van der Waals surface area contributed by atoms with Crippen molar-refractivity contribution < 1.29 is 18.3 Å². The molecule has 1 aromatic carbocycles. The van der Waals surface area contributed by atoms with Crippen LogP contribution in [-0.4, -0.2) is 32.6 Å². The van der Waals surface area contributed by atoms with Crippen molar-refractivity contribution in [2.75, 3.05) is 13.2 Å². The smallest absolute Gasteiger partial charge is 0.251 e. The van der Waals surface area contributed by atoms with Crippen LogP contribution in [0.15, 0.2) is 17.0 Å². The third kappa shape index (κ3) is 3.31. The minimum absolute atomic E-state index is 0.0295. The Morgan fingerprint density at radius 2 is 2.00 bits per heavy atom. The van der Waals surface area contributed by atoms with Gasteiger partial charge in [-0.3, -0.25) is 4.79 Å². The second-order valence-electron chi connectivity index (χ2n) is 6.16. The Kier molecular flexibility index (Phi) is 4.60. The summed E-state index contributed by atoms with van der Waals surface area (Å²) in [5.41, 5.74) is 1.28. The van der Waals surface area contributed by atoms with E-state index in [1.807, 2.05) is 0 Å². The van der Waals surface area contributed by atoms with Crippen molar-refractivity contribution in [2.24, 2.45) is 10.6 Å². The maximum absolute atomic E-state index is 12.3. The van der Waals surface area contributed by atoms with E-state index in [1.165, 1.54) is 6.07 Å². The Hall–Kier alpha value is -1.44. The zero-order chi connectivity index (χ0) is 16.5. The molecule has 0 spiro atoms. The van der Waals surface area contributed by atoms with Crippen LogP contribution in [0.4, 0.5) is 0 Å². The van der Waals surface area contributed by atoms with E-state index in [0.29, 0.717) is 17.7 Å². The number of aliphatic hydroxyl groups is 1. The molecule has 0 atom stereocenters. The summed E-state index contributed by atoms with van der Waals surface area (Å²) >= 11 is 0. The first kappa shape index (κ1) is 16.9. The molecular weight excluding hydrogens is 304 g/mol. The molecule has 0 saturated heterocycles. The van der Waals surface area contributed by atoms with Crippen LogP contribution in [0.5, 0.6) is 0 Å². The number of amides is 1. The van der Waals surface area contributed by atoms with E-state index in [9.17, 15) is 18.3 Å². The molecule has 4 N–H and O–H groups in total. The van der Waals surface area contributed by atoms with Gasteiger partial charge < -0.3 is 10.4 Å². The van der Waals surface area contributed by atoms with Crippen LogP contribution in [0.2, 0.25) is 0 Å². The molecule has 1 aliphatic rings. The Morgan fingerprint density at radius 3 is 2.45 bits per heavy atom. The largest absolute Gasteiger partial charge is 0.396 e. The highest BCUT2D eigenvalue weighted by molar-refractivity contribution is 7.89. The zero-order valence-corrected chi connectivity index (χ0v) is 13.7. The second-order valence-corrected chi connectivity index (χ2v) is 7.69. The fourth-order valence-electron chi connectivity index (χ4n) is 2.69. The van der Waals surface area contributed by atoms with Crippen molar-refractivity contribution in [1.29, 1.82) is 0 Å². The number of hydrogen-bond acceptors (Lipinski definition) is 4. The van der Waals surface area contributed by atoms with Crippen LogP contribution >= 0.6 is 0 Å². The quantitative estimate of drug-likeness (QED) is 0.745. The number of nitrogens with two attached hydrogens (primary N) is 1. The molecule has 0 unspecified atom stereocenters. The maximum atomic E-state index is 12.3. The summed E-state index contributed by atoms with van der Waals surface area (Å²) < 4.78 is 23.2. The predicted octanol–water partition coefficient (Wildman–Crippen LogP) is 0.843. The second kappa shape index (κ2) is 5.98. The van der Waals surface area contributed by atoms with Gasteiger partial charge in [0.05, 0.1) is 11.5 Å². The predicted molar refractivity (Wildman–Crippen MR) is 83.0 cm³/mol. The topological polar surface area (TPSA) is 109 Å². The highest BCUT2D eigenvalue weighted by Crippen LogP contribution is 2.39. The van der Waals surface area contributed by atoms with Crippen molar-refractivity contribution in [1.82, 2.24) is 5.32 Å². The molecule has 22 heavy (non-hydrogen) atoms. The van der Waals surface area contributed by atoms with Gasteiger partial charge in [-0.2, -0.15) is 0 Å². The molecule has 0 aliphatic heterocycles. The molecular formula is C15H22N2O4S. The highest BCUT2D eigenvalue weighted by Gasteiger charge is 2.36. The molecule has 1 saturated carbocycles. The van der Waals surface area contributed by atoms with Crippen molar-refractivity contribution >= 4 is 15.9 Å². The fraction of sp³-hybridized carbons (Fsp3) is 0.533. The van der Waals surface area contributed by atoms with Crippen LogP contribution < -0.4 is 10.5 Å². The standard InChI is InChI=1S/C15H22N2O4S/c1-10-6-12(7-13(11(10)2)22(16,20)21)14(19)17-8-15(9-18)4-3-5-15/h6-7,18H,3-5,8-9H2,1-2H3,(H,17,19)(H2,16,20,21). The molecule has 0 aromatic heterocycles. The van der Waals surface area contributed by atoms with Crippen LogP contribution in [-0.2, 0) is 10.0 Å². The number of aryl methyl sites for hydroxylation is 1. The molecule has 0 heterocycles. The molecule has 2 rings (SSSR count). The Balaban J connectivity index is 2.21. The van der Waals surface area contributed by atoms with Crippen molar-refractivity contribution in [3.05, 3.63) is 28.8 Å². The van der Waals surface area contributed by atoms with E-state index in [2.05, 4.69) is 5.32 Å². The van der Waals surface area contributed by atoms with E-state index < -0.39 is 10.0 Å². The van der Waals surface area contributed by atoms with E-state index in [-0.39, 0.29) is 28.4 Å². The molecule has 1 aromatic rings. The Labute approximate surface area is 130 Å². The Bertz CT molecular complexity index is 688. The Morgan fingerprint density at radius 1 is 1.36 bits per heavy atom. The molecule has 0 radical (unpaired) electrons.